The summed E-state index contributed by atoms with van der Waals surface area (Å²) in [6.45, 7) is 2.79. The minimum Gasteiger partial charge on any atom is -0.497 e. The van der Waals surface area contributed by atoms with Crippen LogP contribution in [0.1, 0.15) is 17.9 Å². The fourth-order valence-corrected chi connectivity index (χ4v) is 2.90. The smallest absolute Gasteiger partial charge is 0.120 e. The topological polar surface area (TPSA) is 30.5 Å². The molecule has 2 rings (SSSR count). The van der Waals surface area contributed by atoms with Gasteiger partial charge < -0.3 is 14.8 Å². The Morgan fingerprint density at radius 2 is 2.22 bits per heavy atom. The van der Waals surface area contributed by atoms with Gasteiger partial charge >= 0.3 is 0 Å². The molecule has 0 amide bonds. The zero-order valence-electron chi connectivity index (χ0n) is 10.9. The summed E-state index contributed by atoms with van der Waals surface area (Å²) in [5, 5.41) is 3.43. The molecule has 4 heteroatoms. The third kappa shape index (κ3) is 3.46. The van der Waals surface area contributed by atoms with Gasteiger partial charge in [0.2, 0.25) is 0 Å². The van der Waals surface area contributed by atoms with E-state index in [0.29, 0.717) is 5.92 Å². The van der Waals surface area contributed by atoms with Gasteiger partial charge in [-0.25, -0.2) is 0 Å². The first-order chi connectivity index (χ1) is 8.76. The lowest BCUT2D eigenvalue weighted by molar-refractivity contribution is 0.199. The van der Waals surface area contributed by atoms with Gasteiger partial charge in [0.25, 0.3) is 0 Å². The van der Waals surface area contributed by atoms with Crippen LogP contribution in [-0.4, -0.2) is 33.9 Å². The SMILES string of the molecule is COCCNCC1CC1c1ccc(OC)cc1Br. The summed E-state index contributed by atoms with van der Waals surface area (Å²) in [6, 6.07) is 6.25. The molecule has 1 aliphatic carbocycles. The summed E-state index contributed by atoms with van der Waals surface area (Å²) in [5.74, 6) is 2.34. The molecule has 100 valence electrons. The molecule has 2 atom stereocenters. The normalized spacial score (nSPS) is 21.9. The standard InChI is InChI=1S/C14H20BrNO2/c1-17-6-5-16-9-10-7-13(10)12-4-3-11(18-2)8-14(12)15/h3-4,8,10,13,16H,5-7,9H2,1-2H3. The molecule has 1 aromatic carbocycles. The average molecular weight is 314 g/mol. The fourth-order valence-electron chi connectivity index (χ4n) is 2.25. The van der Waals surface area contributed by atoms with E-state index in [4.69, 9.17) is 9.47 Å². The Hall–Kier alpha value is -0.580. The number of hydrogen-bond donors (Lipinski definition) is 1. The van der Waals surface area contributed by atoms with Crippen LogP contribution in [0.25, 0.3) is 0 Å². The maximum absolute atomic E-state index is 5.21. The van der Waals surface area contributed by atoms with Crippen LogP contribution in [0.4, 0.5) is 0 Å². The Balaban J connectivity index is 1.83. The molecule has 3 nitrogen and oxygen atoms in total. The Morgan fingerprint density at radius 3 is 2.89 bits per heavy atom. The zero-order valence-corrected chi connectivity index (χ0v) is 12.5. The van der Waals surface area contributed by atoms with Crippen LogP contribution >= 0.6 is 15.9 Å². The van der Waals surface area contributed by atoms with Crippen LogP contribution in [-0.2, 0) is 4.74 Å². The highest BCUT2D eigenvalue weighted by atomic mass is 79.9. The van der Waals surface area contributed by atoms with Crippen LogP contribution in [0.3, 0.4) is 0 Å². The number of hydrogen-bond acceptors (Lipinski definition) is 3. The number of methoxy groups -OCH3 is 2. The Bertz CT molecular complexity index is 397. The predicted molar refractivity (Wildman–Crippen MR) is 76.3 cm³/mol. The van der Waals surface area contributed by atoms with Crippen LogP contribution in [0.15, 0.2) is 22.7 Å². The van der Waals surface area contributed by atoms with Gasteiger partial charge in [-0.3, -0.25) is 0 Å². The van der Waals surface area contributed by atoms with Gasteiger partial charge in [-0.1, -0.05) is 22.0 Å². The van der Waals surface area contributed by atoms with E-state index in [2.05, 4.69) is 27.3 Å². The van der Waals surface area contributed by atoms with E-state index in [1.165, 1.54) is 12.0 Å². The first kappa shape index (κ1) is 13.8. The summed E-state index contributed by atoms with van der Waals surface area (Å²) in [4.78, 5) is 0. The quantitative estimate of drug-likeness (QED) is 0.785. The second-order valence-corrected chi connectivity index (χ2v) is 5.54. The Kier molecular flexibility index (Phi) is 5.03. The molecule has 0 spiro atoms. The molecule has 0 aromatic heterocycles. The van der Waals surface area contributed by atoms with Gasteiger partial charge in [0.15, 0.2) is 0 Å². The van der Waals surface area contributed by atoms with Gasteiger partial charge in [0.05, 0.1) is 13.7 Å². The van der Waals surface area contributed by atoms with Gasteiger partial charge in [-0.2, -0.15) is 0 Å². The highest BCUT2D eigenvalue weighted by molar-refractivity contribution is 9.10. The number of halogens is 1. The van der Waals surface area contributed by atoms with E-state index in [9.17, 15) is 0 Å². The highest BCUT2D eigenvalue weighted by Gasteiger charge is 2.38. The fraction of sp³-hybridized carbons (Fsp3) is 0.571. The van der Waals surface area contributed by atoms with Gasteiger partial charge in [0, 0.05) is 18.1 Å². The lowest BCUT2D eigenvalue weighted by atomic mass is 10.1. The third-order valence-corrected chi connectivity index (χ3v) is 4.11. The molecule has 0 bridgehead atoms. The van der Waals surface area contributed by atoms with Crippen molar-refractivity contribution >= 4 is 15.9 Å². The molecule has 0 saturated heterocycles. The van der Waals surface area contributed by atoms with E-state index in [1.54, 1.807) is 14.2 Å². The van der Waals surface area contributed by atoms with E-state index in [1.807, 2.05) is 12.1 Å². The number of nitrogens with one attached hydrogen (secondary N) is 1. The van der Waals surface area contributed by atoms with Gasteiger partial charge in [0.1, 0.15) is 5.75 Å². The largest absolute Gasteiger partial charge is 0.497 e. The average Bonchev–Trinajstić information content (AvgIpc) is 3.14. The molecule has 1 fully saturated rings. The second kappa shape index (κ2) is 6.55. The van der Waals surface area contributed by atoms with Crippen molar-refractivity contribution in [2.45, 2.75) is 12.3 Å². The molecule has 1 aliphatic rings. The first-order valence-electron chi connectivity index (χ1n) is 6.29. The van der Waals surface area contributed by atoms with Crippen molar-refractivity contribution in [1.82, 2.24) is 5.32 Å². The van der Waals surface area contributed by atoms with Crippen molar-refractivity contribution in [1.29, 1.82) is 0 Å². The molecule has 1 saturated carbocycles. The summed E-state index contributed by atoms with van der Waals surface area (Å²) in [5.41, 5.74) is 1.40. The maximum Gasteiger partial charge on any atom is 0.120 e. The molecule has 0 radical (unpaired) electrons. The van der Waals surface area contributed by atoms with Crippen LogP contribution in [0.5, 0.6) is 5.75 Å². The number of benzene rings is 1. The molecule has 18 heavy (non-hydrogen) atoms. The van der Waals surface area contributed by atoms with E-state index in [0.717, 1.165) is 35.8 Å². The van der Waals surface area contributed by atoms with Crippen LogP contribution in [0.2, 0.25) is 0 Å². The van der Waals surface area contributed by atoms with Crippen LogP contribution in [0, 0.1) is 5.92 Å². The molecule has 0 aliphatic heterocycles. The second-order valence-electron chi connectivity index (χ2n) is 4.69. The summed E-state index contributed by atoms with van der Waals surface area (Å²) in [7, 11) is 3.43. The lowest BCUT2D eigenvalue weighted by Crippen LogP contribution is -2.21. The third-order valence-electron chi connectivity index (χ3n) is 3.42. The van der Waals surface area contributed by atoms with Crippen molar-refractivity contribution < 1.29 is 9.47 Å². The Labute approximate surface area is 117 Å². The molecule has 1 aromatic rings. The van der Waals surface area contributed by atoms with Gasteiger partial charge in [-0.15, -0.1) is 0 Å². The van der Waals surface area contributed by atoms with Crippen LogP contribution < -0.4 is 10.1 Å². The molecule has 0 heterocycles. The van der Waals surface area contributed by atoms with Crippen molar-refractivity contribution in [2.24, 2.45) is 5.92 Å². The molecular formula is C14H20BrNO2. The lowest BCUT2D eigenvalue weighted by Gasteiger charge is -2.07. The van der Waals surface area contributed by atoms with Gasteiger partial charge in [-0.05, 0) is 42.5 Å². The minimum absolute atomic E-state index is 0.681. The summed E-state index contributed by atoms with van der Waals surface area (Å²) in [6.07, 6.45) is 1.27. The van der Waals surface area contributed by atoms with Crippen molar-refractivity contribution in [3.8, 4) is 5.75 Å². The number of ether oxygens (including phenoxy) is 2. The predicted octanol–water partition coefficient (Wildman–Crippen LogP) is 2.80. The van der Waals surface area contributed by atoms with E-state index < -0.39 is 0 Å². The molecule has 2 unspecified atom stereocenters. The monoisotopic (exact) mass is 313 g/mol. The summed E-state index contributed by atoms with van der Waals surface area (Å²) >= 11 is 3.63. The first-order valence-corrected chi connectivity index (χ1v) is 7.08. The van der Waals surface area contributed by atoms with Crippen molar-refractivity contribution in [3.05, 3.63) is 28.2 Å². The highest BCUT2D eigenvalue weighted by Crippen LogP contribution is 2.49. The maximum atomic E-state index is 5.21. The van der Waals surface area contributed by atoms with Crippen molar-refractivity contribution in [3.63, 3.8) is 0 Å². The van der Waals surface area contributed by atoms with E-state index in [-0.39, 0.29) is 0 Å². The summed E-state index contributed by atoms with van der Waals surface area (Å²) < 4.78 is 11.4. The van der Waals surface area contributed by atoms with E-state index >= 15 is 0 Å². The molecular weight excluding hydrogens is 294 g/mol. The zero-order chi connectivity index (χ0) is 13.0. The van der Waals surface area contributed by atoms with Crippen molar-refractivity contribution in [2.75, 3.05) is 33.9 Å². The minimum atomic E-state index is 0.681. The Morgan fingerprint density at radius 1 is 1.39 bits per heavy atom. The molecule has 1 N–H and O–H groups in total. The number of rotatable bonds is 7.